The number of allylic oxidation sites excluding steroid dienone is 14. The Morgan fingerprint density at radius 2 is 1.52 bits per heavy atom. The number of rotatable bonds is 11. The Bertz CT molecular complexity index is 3250. The summed E-state index contributed by atoms with van der Waals surface area (Å²) >= 11 is 1.68. The summed E-state index contributed by atoms with van der Waals surface area (Å²) in [6.45, 7) is 6.71. The zero-order valence-corrected chi connectivity index (χ0v) is 36.8. The van der Waals surface area contributed by atoms with Crippen molar-refractivity contribution in [2.24, 2.45) is 0 Å². The van der Waals surface area contributed by atoms with E-state index in [1.54, 1.807) is 11.3 Å². The summed E-state index contributed by atoms with van der Waals surface area (Å²) in [5.74, 6) is 0.700. The third-order valence-electron chi connectivity index (χ3n) is 12.3. The van der Waals surface area contributed by atoms with Crippen LogP contribution >= 0.6 is 11.3 Å². The van der Waals surface area contributed by atoms with E-state index in [1.807, 2.05) is 30.4 Å². The number of hydrogen-bond acceptors (Lipinski definition) is 5. The molecular weight excluding hydrogens is 797 g/mol. The molecular formula is C59H48N4S. The third kappa shape index (κ3) is 8.68. The van der Waals surface area contributed by atoms with Crippen LogP contribution < -0.4 is 0 Å². The van der Waals surface area contributed by atoms with Crippen molar-refractivity contribution in [3.8, 4) is 22.5 Å². The Balaban J connectivity index is 1.01. The topological polar surface area (TPSA) is 62.5 Å². The Kier molecular flexibility index (Phi) is 11.6. The van der Waals surface area contributed by atoms with Gasteiger partial charge in [0.05, 0.1) is 28.3 Å². The predicted octanol–water partition coefficient (Wildman–Crippen LogP) is 15.9. The number of aryl methyl sites for hydroxylation is 1. The molecule has 0 atom stereocenters. The molecule has 10 rings (SSSR count). The summed E-state index contributed by atoms with van der Waals surface area (Å²) in [4.78, 5) is 16.2. The Morgan fingerprint density at radius 3 is 2.33 bits per heavy atom. The molecule has 3 aliphatic rings. The number of benzene rings is 4. The van der Waals surface area contributed by atoms with Crippen molar-refractivity contribution in [3.05, 3.63) is 220 Å². The molecule has 0 unspecified atom stereocenters. The fourth-order valence-electron chi connectivity index (χ4n) is 8.76. The first-order valence-corrected chi connectivity index (χ1v) is 23.0. The average Bonchev–Trinajstić information content (AvgIpc) is 3.73. The number of pyridine rings is 1. The van der Waals surface area contributed by atoms with Crippen molar-refractivity contribution in [2.45, 2.75) is 45.4 Å². The lowest BCUT2D eigenvalue weighted by atomic mass is 9.88. The second-order valence-electron chi connectivity index (χ2n) is 16.6. The maximum Gasteiger partial charge on any atom is 0.160 e. The van der Waals surface area contributed by atoms with Crippen LogP contribution in [0.2, 0.25) is 0 Å². The van der Waals surface area contributed by atoms with Crippen LogP contribution in [0.15, 0.2) is 182 Å². The summed E-state index contributed by atoms with van der Waals surface area (Å²) in [6.07, 6.45) is 32.2. The van der Waals surface area contributed by atoms with Crippen LogP contribution in [0.3, 0.4) is 0 Å². The van der Waals surface area contributed by atoms with Gasteiger partial charge in [-0.15, -0.1) is 11.3 Å². The lowest BCUT2D eigenvalue weighted by Crippen LogP contribution is -2.02. The fourth-order valence-corrected chi connectivity index (χ4v) is 9.98. The van der Waals surface area contributed by atoms with Crippen LogP contribution in [-0.2, 0) is 0 Å². The van der Waals surface area contributed by atoms with Gasteiger partial charge in [-0.2, -0.15) is 0 Å². The Labute approximate surface area is 379 Å². The van der Waals surface area contributed by atoms with E-state index in [0.717, 1.165) is 98.2 Å². The first-order valence-electron chi connectivity index (χ1n) is 22.2. The van der Waals surface area contributed by atoms with Crippen molar-refractivity contribution >= 4 is 73.0 Å². The SMILES string of the molecule is C=C(C(=N)/C=C\c1ccc2ccc(C3=CCCC=C3)nc2c1)c1sc2cc(-c3ccccc3C)ccc2c1/C=C/c1cc(C2=CC=C(C3=CC=CCC3)CC2)nc(-c2ccccc2)n1. The molecule has 64 heavy (non-hydrogen) atoms. The van der Waals surface area contributed by atoms with Crippen LogP contribution in [0.4, 0.5) is 0 Å². The van der Waals surface area contributed by atoms with Crippen molar-refractivity contribution in [1.29, 1.82) is 5.41 Å². The van der Waals surface area contributed by atoms with Crippen molar-refractivity contribution in [1.82, 2.24) is 15.0 Å². The number of thiophene rings is 1. The quantitative estimate of drug-likeness (QED) is 0.132. The first kappa shape index (κ1) is 40.7. The highest BCUT2D eigenvalue weighted by Crippen LogP contribution is 2.40. The molecule has 3 heterocycles. The minimum absolute atomic E-state index is 0.354. The Hall–Kier alpha value is -7.34. The molecule has 3 aromatic heterocycles. The molecule has 5 heteroatoms. The minimum Gasteiger partial charge on any atom is -0.300 e. The molecule has 0 amide bonds. The monoisotopic (exact) mass is 844 g/mol. The van der Waals surface area contributed by atoms with E-state index in [1.165, 1.54) is 39.0 Å². The van der Waals surface area contributed by atoms with E-state index in [2.05, 4.69) is 165 Å². The van der Waals surface area contributed by atoms with Gasteiger partial charge in [0.2, 0.25) is 0 Å². The van der Waals surface area contributed by atoms with Gasteiger partial charge in [0.25, 0.3) is 0 Å². The van der Waals surface area contributed by atoms with Gasteiger partial charge in [-0.05, 0) is 126 Å². The highest BCUT2D eigenvalue weighted by molar-refractivity contribution is 7.20. The van der Waals surface area contributed by atoms with Gasteiger partial charge >= 0.3 is 0 Å². The largest absolute Gasteiger partial charge is 0.300 e. The molecule has 7 aromatic rings. The second-order valence-corrected chi connectivity index (χ2v) is 17.7. The van der Waals surface area contributed by atoms with Gasteiger partial charge in [-0.1, -0.05) is 152 Å². The fraction of sp³-hybridized carbons (Fsp3) is 0.119. The van der Waals surface area contributed by atoms with Crippen LogP contribution in [0, 0.1) is 12.3 Å². The standard InChI is InChI=1S/C59H48N4S/c1-39-14-12-13-21-50(39)48-29-32-51-52(33-31-49-38-56(63-59(61-49)47-19-10-5-11-20-47)46-27-25-43(26-28-46)42-15-6-3-7-16-42)58(64-57(51)37-48)40(2)53(60)34-23-41-22-24-45-30-35-54(62-55(45)36-41)44-17-8-4-9-18-44/h3,5-6,8,10-15,17-25,27,29-38,60H,2,4,7,9,16,26,28H2,1H3/b33-31+,34-23-,60-53?. The van der Waals surface area contributed by atoms with Crippen LogP contribution in [0.1, 0.15) is 77.2 Å². The van der Waals surface area contributed by atoms with E-state index >= 15 is 0 Å². The summed E-state index contributed by atoms with van der Waals surface area (Å²) in [6, 6.07) is 38.1. The molecule has 310 valence electrons. The molecule has 0 saturated carbocycles. The van der Waals surface area contributed by atoms with E-state index < -0.39 is 0 Å². The van der Waals surface area contributed by atoms with Gasteiger partial charge in [-0.3, -0.25) is 0 Å². The van der Waals surface area contributed by atoms with Crippen molar-refractivity contribution in [3.63, 3.8) is 0 Å². The van der Waals surface area contributed by atoms with E-state index in [-0.39, 0.29) is 0 Å². The third-order valence-corrected chi connectivity index (χ3v) is 13.6. The summed E-state index contributed by atoms with van der Waals surface area (Å²) in [5, 5.41) is 11.6. The first-order chi connectivity index (χ1) is 31.4. The van der Waals surface area contributed by atoms with Crippen LogP contribution in [-0.4, -0.2) is 20.7 Å². The zero-order chi connectivity index (χ0) is 43.4. The normalized spacial score (nSPS) is 15.1. The van der Waals surface area contributed by atoms with Crippen molar-refractivity contribution in [2.75, 3.05) is 0 Å². The zero-order valence-electron chi connectivity index (χ0n) is 36.0. The molecule has 0 spiro atoms. The predicted molar refractivity (Wildman–Crippen MR) is 274 cm³/mol. The smallest absolute Gasteiger partial charge is 0.160 e. The Morgan fingerprint density at radius 1 is 0.688 bits per heavy atom. The summed E-state index contributed by atoms with van der Waals surface area (Å²) in [7, 11) is 0. The van der Waals surface area contributed by atoms with Gasteiger partial charge < -0.3 is 5.41 Å². The molecule has 4 aromatic carbocycles. The summed E-state index contributed by atoms with van der Waals surface area (Å²) in [5.41, 5.74) is 16.5. The molecule has 4 nitrogen and oxygen atoms in total. The van der Waals surface area contributed by atoms with Gasteiger partial charge in [-0.25, -0.2) is 15.0 Å². The maximum absolute atomic E-state index is 9.36. The number of hydrogen-bond donors (Lipinski definition) is 1. The highest BCUT2D eigenvalue weighted by Gasteiger charge is 2.18. The molecule has 0 fully saturated rings. The summed E-state index contributed by atoms with van der Waals surface area (Å²) < 4.78 is 1.14. The van der Waals surface area contributed by atoms with Gasteiger partial charge in [0, 0.05) is 37.0 Å². The van der Waals surface area contributed by atoms with E-state index in [0.29, 0.717) is 17.1 Å². The van der Waals surface area contributed by atoms with Crippen LogP contribution in [0.5, 0.6) is 0 Å². The molecule has 0 bridgehead atoms. The molecule has 1 N–H and O–H groups in total. The highest BCUT2D eigenvalue weighted by atomic mass is 32.1. The molecule has 0 aliphatic heterocycles. The van der Waals surface area contributed by atoms with Gasteiger partial charge in [0.15, 0.2) is 5.82 Å². The average molecular weight is 845 g/mol. The molecule has 3 aliphatic carbocycles. The second kappa shape index (κ2) is 18.2. The maximum atomic E-state index is 9.36. The van der Waals surface area contributed by atoms with Crippen molar-refractivity contribution < 1.29 is 0 Å². The van der Waals surface area contributed by atoms with Gasteiger partial charge in [0.1, 0.15) is 0 Å². The lowest BCUT2D eigenvalue weighted by Gasteiger charge is -2.18. The number of aromatic nitrogens is 3. The van der Waals surface area contributed by atoms with E-state index in [4.69, 9.17) is 15.0 Å². The number of nitrogens with one attached hydrogen (secondary N) is 1. The molecule has 0 radical (unpaired) electrons. The van der Waals surface area contributed by atoms with Crippen LogP contribution in [0.25, 0.3) is 78.5 Å². The minimum atomic E-state index is 0.354. The van der Waals surface area contributed by atoms with E-state index in [9.17, 15) is 5.41 Å². The molecule has 0 saturated heterocycles. The number of fused-ring (bicyclic) bond motifs is 2. The lowest BCUT2D eigenvalue weighted by molar-refractivity contribution is 0.901. The number of nitrogens with zero attached hydrogens (tertiary/aromatic N) is 3.